The molecule has 6 atom stereocenters. The fraction of sp³-hybridized carbons (Fsp3) is 0.951. The summed E-state index contributed by atoms with van der Waals surface area (Å²) in [6.07, 6.45) is 20.8. The summed E-state index contributed by atoms with van der Waals surface area (Å²) in [5, 5.41) is 31.0. The van der Waals surface area contributed by atoms with Gasteiger partial charge in [-0.25, -0.2) is 0 Å². The Labute approximate surface area is 327 Å². The van der Waals surface area contributed by atoms with E-state index in [1.54, 1.807) is 0 Å². The van der Waals surface area contributed by atoms with Gasteiger partial charge in [0.2, 0.25) is 6.29 Å². The SMILES string of the molecule is CCCCCCCCCCCCCCCC(=O)OCCC(OC(=O)CCCCCCCCCCCCCCC)OC1O[C@H](CS(=O)(=O)O)[C@@H](O)[C@H](O)[C@H]1O. The van der Waals surface area contributed by atoms with Crippen LogP contribution in [0.5, 0.6) is 0 Å². The van der Waals surface area contributed by atoms with Crippen LogP contribution in [0.15, 0.2) is 0 Å². The average Bonchev–Trinajstić information content (AvgIpc) is 3.12. The van der Waals surface area contributed by atoms with Gasteiger partial charge < -0.3 is 34.3 Å². The van der Waals surface area contributed by atoms with Gasteiger partial charge in [-0.15, -0.1) is 0 Å². The fourth-order valence-corrected chi connectivity index (χ4v) is 7.49. The maximum absolute atomic E-state index is 12.8. The van der Waals surface area contributed by atoms with Crippen molar-refractivity contribution in [2.24, 2.45) is 0 Å². The first-order valence-electron chi connectivity index (χ1n) is 21.6. The van der Waals surface area contributed by atoms with Gasteiger partial charge in [0.25, 0.3) is 10.1 Å². The van der Waals surface area contributed by atoms with Crippen LogP contribution < -0.4 is 0 Å². The zero-order valence-corrected chi connectivity index (χ0v) is 34.7. The normalized spacial score (nSPS) is 20.9. The zero-order valence-electron chi connectivity index (χ0n) is 33.8. The van der Waals surface area contributed by atoms with Gasteiger partial charge in [0.1, 0.15) is 30.2 Å². The molecule has 0 aromatic heterocycles. The Morgan fingerprint density at radius 3 is 1.37 bits per heavy atom. The smallest absolute Gasteiger partial charge is 0.308 e. The number of aliphatic hydroxyl groups is 3. The van der Waals surface area contributed by atoms with Crippen LogP contribution in [0, 0.1) is 0 Å². The van der Waals surface area contributed by atoms with Crippen LogP contribution in [-0.4, -0.2) is 89.6 Å². The minimum atomic E-state index is -4.62. The molecule has 0 aromatic rings. The predicted octanol–water partition coefficient (Wildman–Crippen LogP) is 8.46. The first kappa shape index (κ1) is 50.7. The summed E-state index contributed by atoms with van der Waals surface area (Å²) in [6, 6.07) is 0. The number of hydrogen-bond donors (Lipinski definition) is 4. The van der Waals surface area contributed by atoms with E-state index in [1.165, 1.54) is 116 Å². The Morgan fingerprint density at radius 2 is 0.963 bits per heavy atom. The maximum Gasteiger partial charge on any atom is 0.308 e. The van der Waals surface area contributed by atoms with E-state index < -0.39 is 64.8 Å². The molecule has 0 bridgehead atoms. The summed E-state index contributed by atoms with van der Waals surface area (Å²) < 4.78 is 54.1. The van der Waals surface area contributed by atoms with Crippen molar-refractivity contribution in [3.63, 3.8) is 0 Å². The molecule has 1 fully saturated rings. The second kappa shape index (κ2) is 32.7. The second-order valence-corrected chi connectivity index (χ2v) is 16.8. The summed E-state index contributed by atoms with van der Waals surface area (Å²) in [5.74, 6) is -2.02. The van der Waals surface area contributed by atoms with Crippen molar-refractivity contribution >= 4 is 22.1 Å². The number of aliphatic hydroxyl groups excluding tert-OH is 3. The third-order valence-electron chi connectivity index (χ3n) is 10.2. The zero-order chi connectivity index (χ0) is 39.9. The minimum Gasteiger partial charge on any atom is -0.465 e. The number of hydrogen-bond acceptors (Lipinski definition) is 11. The molecule has 1 saturated heterocycles. The molecule has 54 heavy (non-hydrogen) atoms. The Hall–Kier alpha value is -1.35. The third-order valence-corrected chi connectivity index (χ3v) is 10.9. The maximum atomic E-state index is 12.8. The van der Waals surface area contributed by atoms with E-state index in [0.29, 0.717) is 12.8 Å². The van der Waals surface area contributed by atoms with Crippen LogP contribution in [0.2, 0.25) is 0 Å². The van der Waals surface area contributed by atoms with E-state index in [-0.39, 0.29) is 25.9 Å². The van der Waals surface area contributed by atoms with Gasteiger partial charge in [0.15, 0.2) is 6.29 Å². The minimum absolute atomic E-state index is 0.108. The number of carbonyl (C=O) groups excluding carboxylic acids is 2. The van der Waals surface area contributed by atoms with E-state index in [1.807, 2.05) is 0 Å². The first-order valence-corrected chi connectivity index (χ1v) is 23.2. The highest BCUT2D eigenvalue weighted by Crippen LogP contribution is 2.25. The Bertz CT molecular complexity index is 1030. The molecule has 4 N–H and O–H groups in total. The molecule has 320 valence electrons. The quantitative estimate of drug-likeness (QED) is 0.0206. The lowest BCUT2D eigenvalue weighted by Gasteiger charge is -2.40. The molecule has 1 rings (SSSR count). The van der Waals surface area contributed by atoms with Crippen molar-refractivity contribution in [2.75, 3.05) is 12.4 Å². The fourth-order valence-electron chi connectivity index (χ4n) is 6.80. The summed E-state index contributed by atoms with van der Waals surface area (Å²) >= 11 is 0. The molecule has 1 aliphatic rings. The molecule has 1 heterocycles. The lowest BCUT2D eigenvalue weighted by Crippen LogP contribution is -2.60. The van der Waals surface area contributed by atoms with Crippen molar-refractivity contribution in [3.8, 4) is 0 Å². The molecule has 0 aliphatic carbocycles. The van der Waals surface area contributed by atoms with Gasteiger partial charge in [-0.2, -0.15) is 8.42 Å². The van der Waals surface area contributed by atoms with Crippen molar-refractivity contribution in [3.05, 3.63) is 0 Å². The monoisotopic (exact) mass is 795 g/mol. The summed E-state index contributed by atoms with van der Waals surface area (Å²) in [6.45, 7) is 4.30. The molecule has 0 radical (unpaired) electrons. The molecular weight excluding hydrogens is 717 g/mol. The Balaban J connectivity index is 2.46. The molecule has 12 nitrogen and oxygen atoms in total. The van der Waals surface area contributed by atoms with E-state index in [2.05, 4.69) is 13.8 Å². The van der Waals surface area contributed by atoms with Crippen LogP contribution in [0.3, 0.4) is 0 Å². The molecule has 1 aliphatic heterocycles. The second-order valence-electron chi connectivity index (χ2n) is 15.3. The standard InChI is InChI=1S/C41H78O12S/c1-3-5-7-9-11-13-15-17-19-21-23-25-27-29-35(42)50-32-31-37(53-41-40(46)39(45)38(44)34(51-41)33-54(47,48)49)52-36(43)30-28-26-24-22-20-18-16-14-12-10-8-6-4-2/h34,37-41,44-46H,3-33H2,1-2H3,(H,47,48,49)/t34-,37?,38-,39+,40-,41?/m1/s1. The number of carbonyl (C=O) groups is 2. The topological polar surface area (TPSA) is 186 Å². The predicted molar refractivity (Wildman–Crippen MR) is 210 cm³/mol. The van der Waals surface area contributed by atoms with E-state index in [9.17, 15) is 37.9 Å². The van der Waals surface area contributed by atoms with Crippen molar-refractivity contribution < 1.29 is 56.8 Å². The number of unbranched alkanes of at least 4 members (excludes halogenated alkanes) is 24. The Morgan fingerprint density at radius 1 is 0.574 bits per heavy atom. The molecule has 0 spiro atoms. The summed E-state index contributed by atoms with van der Waals surface area (Å²) in [5.41, 5.74) is 0. The van der Waals surface area contributed by atoms with E-state index in [4.69, 9.17) is 18.9 Å². The van der Waals surface area contributed by atoms with Gasteiger partial charge in [-0.05, 0) is 12.8 Å². The summed E-state index contributed by atoms with van der Waals surface area (Å²) in [4.78, 5) is 25.2. The Kier molecular flexibility index (Phi) is 30.7. The van der Waals surface area contributed by atoms with Crippen LogP contribution in [-0.2, 0) is 38.7 Å². The molecule has 2 unspecified atom stereocenters. The molecule has 0 amide bonds. The highest BCUT2D eigenvalue weighted by molar-refractivity contribution is 7.85. The van der Waals surface area contributed by atoms with E-state index >= 15 is 0 Å². The van der Waals surface area contributed by atoms with Crippen LogP contribution in [0.1, 0.15) is 200 Å². The molecule has 0 aromatic carbocycles. The van der Waals surface area contributed by atoms with Gasteiger partial charge in [0, 0.05) is 19.3 Å². The molecular formula is C41H78O12S. The van der Waals surface area contributed by atoms with Gasteiger partial charge >= 0.3 is 11.9 Å². The van der Waals surface area contributed by atoms with E-state index in [0.717, 1.165) is 38.5 Å². The number of esters is 2. The third kappa shape index (κ3) is 27.3. The van der Waals surface area contributed by atoms with Gasteiger partial charge in [-0.1, -0.05) is 168 Å². The van der Waals surface area contributed by atoms with Crippen molar-refractivity contribution in [1.29, 1.82) is 0 Å². The largest absolute Gasteiger partial charge is 0.465 e. The highest BCUT2D eigenvalue weighted by atomic mass is 32.2. The first-order chi connectivity index (χ1) is 26.0. The highest BCUT2D eigenvalue weighted by Gasteiger charge is 2.46. The van der Waals surface area contributed by atoms with Crippen LogP contribution in [0.25, 0.3) is 0 Å². The molecule has 13 heteroatoms. The number of ether oxygens (including phenoxy) is 4. The van der Waals surface area contributed by atoms with Gasteiger partial charge in [-0.3, -0.25) is 14.1 Å². The lowest BCUT2D eigenvalue weighted by atomic mass is 10.00. The molecule has 0 saturated carbocycles. The van der Waals surface area contributed by atoms with Crippen molar-refractivity contribution in [1.82, 2.24) is 0 Å². The van der Waals surface area contributed by atoms with Crippen LogP contribution in [0.4, 0.5) is 0 Å². The summed E-state index contributed by atoms with van der Waals surface area (Å²) in [7, 11) is -4.62. The van der Waals surface area contributed by atoms with Crippen molar-refractivity contribution in [2.45, 2.75) is 237 Å². The van der Waals surface area contributed by atoms with Gasteiger partial charge in [0.05, 0.1) is 6.61 Å². The average molecular weight is 795 g/mol. The lowest BCUT2D eigenvalue weighted by molar-refractivity contribution is -0.327. The van der Waals surface area contributed by atoms with Crippen LogP contribution >= 0.6 is 0 Å². The number of rotatable bonds is 36.